The van der Waals surface area contributed by atoms with Crippen molar-refractivity contribution in [3.8, 4) is 0 Å². The van der Waals surface area contributed by atoms with Gasteiger partial charge in [0.2, 0.25) is 0 Å². The van der Waals surface area contributed by atoms with Crippen LogP contribution in [0.15, 0.2) is 11.6 Å². The van der Waals surface area contributed by atoms with Gasteiger partial charge in [0.15, 0.2) is 0 Å². The van der Waals surface area contributed by atoms with Crippen molar-refractivity contribution in [2.45, 2.75) is 74.7 Å². The van der Waals surface area contributed by atoms with E-state index in [1.54, 1.807) is 0 Å². The fourth-order valence-electron chi connectivity index (χ4n) is 2.87. The topological polar surface area (TPSA) is 17.1 Å². The van der Waals surface area contributed by atoms with Gasteiger partial charge in [-0.2, -0.15) is 0 Å². The van der Waals surface area contributed by atoms with Crippen molar-refractivity contribution in [3.05, 3.63) is 11.6 Å². The number of hydrogen-bond acceptors (Lipinski definition) is 1. The fraction of sp³-hybridized carbons (Fsp3) is 0.833. The van der Waals surface area contributed by atoms with Crippen LogP contribution in [0.1, 0.15) is 74.7 Å². The lowest BCUT2D eigenvalue weighted by Crippen LogP contribution is -2.14. The molecule has 0 saturated heterocycles. The Morgan fingerprint density at radius 2 is 1.42 bits per heavy atom. The van der Waals surface area contributed by atoms with Crippen LogP contribution >= 0.6 is 0 Å². The first-order valence-electron chi connectivity index (χ1n) is 7.60. The van der Waals surface area contributed by atoms with Crippen molar-refractivity contribution in [3.63, 3.8) is 0 Å². The lowest BCUT2D eigenvalue weighted by molar-refractivity contribution is -0.105. The van der Waals surface area contributed by atoms with E-state index in [9.17, 15) is 4.79 Å². The van der Waals surface area contributed by atoms with Crippen LogP contribution in [-0.2, 0) is 4.79 Å². The van der Waals surface area contributed by atoms with E-state index in [0.29, 0.717) is 17.3 Å². The highest BCUT2D eigenvalue weighted by Gasteiger charge is 2.19. The van der Waals surface area contributed by atoms with Gasteiger partial charge < -0.3 is 0 Å². The zero-order valence-corrected chi connectivity index (χ0v) is 14.3. The maximum atomic E-state index is 11.3. The molecule has 0 heterocycles. The van der Waals surface area contributed by atoms with Crippen LogP contribution in [0.3, 0.4) is 0 Å². The smallest absolute Gasteiger partial charge is 0.145 e. The van der Waals surface area contributed by atoms with E-state index in [0.717, 1.165) is 24.7 Å². The highest BCUT2D eigenvalue weighted by molar-refractivity contribution is 5.73. The summed E-state index contributed by atoms with van der Waals surface area (Å²) in [4.78, 5) is 11.3. The summed E-state index contributed by atoms with van der Waals surface area (Å²) in [5.74, 6) is 0.996. The van der Waals surface area contributed by atoms with Gasteiger partial charge in [0.25, 0.3) is 0 Å². The van der Waals surface area contributed by atoms with E-state index in [4.69, 9.17) is 0 Å². The van der Waals surface area contributed by atoms with Crippen LogP contribution in [0.25, 0.3) is 0 Å². The molecule has 1 heteroatoms. The molecule has 0 fully saturated rings. The zero-order chi connectivity index (χ0) is 15.3. The maximum Gasteiger partial charge on any atom is 0.145 e. The Morgan fingerprint density at radius 3 is 1.79 bits per heavy atom. The third kappa shape index (κ3) is 9.92. The summed E-state index contributed by atoms with van der Waals surface area (Å²) in [5, 5.41) is 0. The van der Waals surface area contributed by atoms with Crippen LogP contribution in [-0.4, -0.2) is 6.29 Å². The van der Waals surface area contributed by atoms with Crippen molar-refractivity contribution in [2.75, 3.05) is 0 Å². The van der Waals surface area contributed by atoms with Crippen molar-refractivity contribution in [1.29, 1.82) is 0 Å². The number of aldehydes is 1. The first-order chi connectivity index (χ1) is 8.44. The lowest BCUT2D eigenvalue weighted by Gasteiger charge is -2.24. The van der Waals surface area contributed by atoms with Crippen molar-refractivity contribution in [1.82, 2.24) is 0 Å². The second kappa shape index (κ2) is 7.26. The van der Waals surface area contributed by atoms with Crippen molar-refractivity contribution >= 4 is 6.29 Å². The summed E-state index contributed by atoms with van der Waals surface area (Å²) in [7, 11) is 0. The van der Waals surface area contributed by atoms with Gasteiger partial charge in [0, 0.05) is 0 Å². The number of allylic oxidation sites excluding steroid dienone is 2. The average Bonchev–Trinajstić information content (AvgIpc) is 2.12. The molecule has 0 amide bonds. The van der Waals surface area contributed by atoms with Gasteiger partial charge in [0.05, 0.1) is 0 Å². The van der Waals surface area contributed by atoms with E-state index in [-0.39, 0.29) is 5.41 Å². The molecule has 2 atom stereocenters. The molecule has 0 saturated carbocycles. The van der Waals surface area contributed by atoms with E-state index < -0.39 is 0 Å². The van der Waals surface area contributed by atoms with Gasteiger partial charge in [-0.3, -0.25) is 4.79 Å². The second-order valence-electron chi connectivity index (χ2n) is 8.59. The minimum Gasteiger partial charge on any atom is -0.298 e. The standard InChI is InChI=1S/C18H34O/c1-14(11-17(3,4)5)9-10-16(13-19)15(2)12-18(6,7)8/h10,13-15H,9,11-12H2,1-8H3/b16-10-/t14-,15-/m0/s1. The van der Waals surface area contributed by atoms with Gasteiger partial charge in [-0.25, -0.2) is 0 Å². The molecule has 0 aromatic heterocycles. The minimum absolute atomic E-state index is 0.276. The molecule has 0 N–H and O–H groups in total. The Balaban J connectivity index is 4.52. The number of carbonyl (C=O) groups excluding carboxylic acids is 1. The lowest BCUT2D eigenvalue weighted by atomic mass is 9.81. The molecule has 0 rings (SSSR count). The number of hydrogen-bond donors (Lipinski definition) is 0. The Morgan fingerprint density at radius 1 is 0.947 bits per heavy atom. The molecule has 0 unspecified atom stereocenters. The number of rotatable bonds is 6. The van der Waals surface area contributed by atoms with E-state index >= 15 is 0 Å². The highest BCUT2D eigenvalue weighted by Crippen LogP contribution is 2.30. The maximum absolute atomic E-state index is 11.3. The summed E-state index contributed by atoms with van der Waals surface area (Å²) in [6.45, 7) is 18.0. The molecule has 112 valence electrons. The first-order valence-corrected chi connectivity index (χ1v) is 7.60. The largest absolute Gasteiger partial charge is 0.298 e. The third-order valence-corrected chi connectivity index (χ3v) is 3.34. The second-order valence-corrected chi connectivity index (χ2v) is 8.59. The SMILES string of the molecule is C[C@@H](C/C=C(/C=O)[C@@H](C)CC(C)(C)C)CC(C)(C)C. The molecule has 19 heavy (non-hydrogen) atoms. The van der Waals surface area contributed by atoms with Crippen LogP contribution < -0.4 is 0 Å². The molecule has 0 aromatic rings. The van der Waals surface area contributed by atoms with Crippen LogP contribution in [0.5, 0.6) is 0 Å². The number of carbonyl (C=O) groups is 1. The first kappa shape index (κ1) is 18.4. The summed E-state index contributed by atoms with van der Waals surface area (Å²) in [6, 6.07) is 0. The fourth-order valence-corrected chi connectivity index (χ4v) is 2.87. The molecular formula is C18H34O. The van der Waals surface area contributed by atoms with Crippen molar-refractivity contribution in [2.24, 2.45) is 22.7 Å². The monoisotopic (exact) mass is 266 g/mol. The Bertz CT molecular complexity index is 299. The molecule has 0 spiro atoms. The molecule has 0 aliphatic heterocycles. The molecule has 1 nitrogen and oxygen atoms in total. The Hall–Kier alpha value is -0.590. The molecule has 0 aliphatic carbocycles. The van der Waals surface area contributed by atoms with Gasteiger partial charge in [-0.15, -0.1) is 0 Å². The van der Waals surface area contributed by atoms with E-state index in [1.807, 2.05) is 0 Å². The van der Waals surface area contributed by atoms with E-state index in [2.05, 4.69) is 61.5 Å². The summed E-state index contributed by atoms with van der Waals surface area (Å²) < 4.78 is 0. The van der Waals surface area contributed by atoms with E-state index in [1.165, 1.54) is 6.42 Å². The average molecular weight is 266 g/mol. The van der Waals surface area contributed by atoms with Crippen LogP contribution in [0.4, 0.5) is 0 Å². The Labute approximate surface area is 120 Å². The summed E-state index contributed by atoms with van der Waals surface area (Å²) in [6.07, 6.45) is 6.49. The molecule has 0 radical (unpaired) electrons. The zero-order valence-electron chi connectivity index (χ0n) is 14.3. The highest BCUT2D eigenvalue weighted by atomic mass is 16.1. The molecule has 0 bridgehead atoms. The Kier molecular flexibility index (Phi) is 7.04. The molecule has 0 aromatic carbocycles. The van der Waals surface area contributed by atoms with Crippen LogP contribution in [0.2, 0.25) is 0 Å². The quantitative estimate of drug-likeness (QED) is 0.448. The van der Waals surface area contributed by atoms with Gasteiger partial charge >= 0.3 is 0 Å². The molecule has 0 aliphatic rings. The predicted octanol–water partition coefficient (Wildman–Crippen LogP) is 5.65. The predicted molar refractivity (Wildman–Crippen MR) is 85.2 cm³/mol. The normalized spacial score (nSPS) is 17.2. The minimum atomic E-state index is 0.276. The third-order valence-electron chi connectivity index (χ3n) is 3.34. The molecular weight excluding hydrogens is 232 g/mol. The van der Waals surface area contributed by atoms with Crippen LogP contribution in [0, 0.1) is 22.7 Å². The van der Waals surface area contributed by atoms with Gasteiger partial charge in [0.1, 0.15) is 6.29 Å². The van der Waals surface area contributed by atoms with Gasteiger partial charge in [-0.1, -0.05) is 61.5 Å². The summed E-state index contributed by atoms with van der Waals surface area (Å²) in [5.41, 5.74) is 1.63. The summed E-state index contributed by atoms with van der Waals surface area (Å²) >= 11 is 0. The van der Waals surface area contributed by atoms with Crippen molar-refractivity contribution < 1.29 is 4.79 Å². The van der Waals surface area contributed by atoms with Gasteiger partial charge in [-0.05, 0) is 47.5 Å².